The minimum absolute atomic E-state index is 0.246. The molecule has 2 aromatic heterocycles. The fraction of sp³-hybridized carbons (Fsp3) is 0.292. The van der Waals surface area contributed by atoms with E-state index in [1.54, 1.807) is 42.6 Å². The van der Waals surface area contributed by atoms with Crippen LogP contribution in [-0.2, 0) is 0 Å². The molecule has 2 fully saturated rings. The van der Waals surface area contributed by atoms with Crippen LogP contribution < -0.4 is 21.7 Å². The molecule has 7 N–H and O–H groups in total. The minimum Gasteiger partial charge on any atom is -0.383 e. The van der Waals surface area contributed by atoms with Gasteiger partial charge in [0.1, 0.15) is 23.5 Å². The summed E-state index contributed by atoms with van der Waals surface area (Å²) in [6.45, 7) is 2.17. The van der Waals surface area contributed by atoms with Crippen LogP contribution in [0.2, 0.25) is 0 Å². The third-order valence-corrected chi connectivity index (χ3v) is 6.58. The van der Waals surface area contributed by atoms with E-state index in [0.29, 0.717) is 34.4 Å². The zero-order valence-electron chi connectivity index (χ0n) is 18.2. The van der Waals surface area contributed by atoms with E-state index in [0.717, 1.165) is 37.8 Å². The molecule has 1 saturated heterocycles. The molecule has 5 rings (SSSR count). The van der Waals surface area contributed by atoms with Gasteiger partial charge in [-0.15, -0.1) is 0 Å². The van der Waals surface area contributed by atoms with Gasteiger partial charge in [-0.3, -0.25) is 15.5 Å². The molecule has 0 radical (unpaired) electrons. The normalized spacial score (nSPS) is 21.5. The van der Waals surface area contributed by atoms with Crippen molar-refractivity contribution in [3.63, 3.8) is 0 Å². The molecular weight excluding hydrogens is 416 g/mol. The van der Waals surface area contributed by atoms with Crippen molar-refractivity contribution in [3.8, 4) is 0 Å². The standard InChI is InChI=1S/C24H26N8O/c25-21(14-4-6-15(7-5-14)24(33)32-19-3-1-2-8-28-19)20-22(26)29-13-30-23(20)31-18-9-16-11-27-12-17(16)10-18/h1-8,13,16-18,25,27H,9-12H2,(H,28,32,33)(H3,26,29,30,31)/p+1. The van der Waals surface area contributed by atoms with Crippen molar-refractivity contribution in [1.82, 2.24) is 20.3 Å². The summed E-state index contributed by atoms with van der Waals surface area (Å²) in [5.74, 6) is 2.67. The maximum Gasteiger partial charge on any atom is 0.256 e. The molecule has 1 amide bonds. The highest BCUT2D eigenvalue weighted by molar-refractivity contribution is 6.15. The number of fused-ring (bicyclic) bond motifs is 1. The molecule has 9 heteroatoms. The molecular formula is C24H27N8O+. The number of nitrogens with zero attached hydrogens (tertiary/aromatic N) is 3. The second-order valence-electron chi connectivity index (χ2n) is 8.72. The SMILES string of the molecule is N=C(c1ccc(C(=O)Nc2ccccn2)cc1)c1c(N)ncnc1[NH2+]C1CC2CNCC2C1. The van der Waals surface area contributed by atoms with E-state index in [9.17, 15) is 4.79 Å². The predicted molar refractivity (Wildman–Crippen MR) is 125 cm³/mol. The molecule has 1 aromatic carbocycles. The van der Waals surface area contributed by atoms with Gasteiger partial charge in [0.05, 0.1) is 11.8 Å². The van der Waals surface area contributed by atoms with Crippen LogP contribution in [0.5, 0.6) is 0 Å². The van der Waals surface area contributed by atoms with Crippen LogP contribution in [0.15, 0.2) is 55.0 Å². The smallest absolute Gasteiger partial charge is 0.256 e. The Kier molecular flexibility index (Phi) is 5.80. The number of rotatable bonds is 6. The summed E-state index contributed by atoms with van der Waals surface area (Å²) >= 11 is 0. The number of amides is 1. The first-order valence-electron chi connectivity index (χ1n) is 11.2. The maximum absolute atomic E-state index is 12.5. The van der Waals surface area contributed by atoms with Crippen LogP contribution in [0.1, 0.15) is 34.3 Å². The van der Waals surface area contributed by atoms with Crippen molar-refractivity contribution in [1.29, 1.82) is 5.41 Å². The molecule has 33 heavy (non-hydrogen) atoms. The third kappa shape index (κ3) is 4.46. The van der Waals surface area contributed by atoms with Crippen LogP contribution in [0.4, 0.5) is 17.5 Å². The van der Waals surface area contributed by atoms with Gasteiger partial charge in [-0.1, -0.05) is 18.2 Å². The van der Waals surface area contributed by atoms with E-state index in [2.05, 4.69) is 30.9 Å². The zero-order valence-corrected chi connectivity index (χ0v) is 18.2. The summed E-state index contributed by atoms with van der Waals surface area (Å²) in [5, 5.41) is 17.2. The summed E-state index contributed by atoms with van der Waals surface area (Å²) in [6, 6.07) is 12.6. The summed E-state index contributed by atoms with van der Waals surface area (Å²) in [4.78, 5) is 25.2. The van der Waals surface area contributed by atoms with E-state index in [1.807, 2.05) is 6.07 Å². The Bertz CT molecular complexity index is 1150. The van der Waals surface area contributed by atoms with Crippen molar-refractivity contribution >= 4 is 29.1 Å². The number of hydrogen-bond acceptors (Lipinski definition) is 7. The molecule has 2 aliphatic rings. The molecule has 1 saturated carbocycles. The van der Waals surface area contributed by atoms with Gasteiger partial charge in [-0.2, -0.15) is 4.98 Å². The Labute approximate surface area is 191 Å². The molecule has 1 aliphatic carbocycles. The average Bonchev–Trinajstić information content (AvgIpc) is 3.41. The Hall–Kier alpha value is -3.69. The van der Waals surface area contributed by atoms with Gasteiger partial charge < -0.3 is 16.4 Å². The Morgan fingerprint density at radius 3 is 2.45 bits per heavy atom. The number of quaternary nitrogens is 1. The van der Waals surface area contributed by atoms with Crippen LogP contribution in [0, 0.1) is 17.2 Å². The number of carbonyl (C=O) groups is 1. The third-order valence-electron chi connectivity index (χ3n) is 6.58. The van der Waals surface area contributed by atoms with E-state index in [4.69, 9.17) is 11.1 Å². The second kappa shape index (κ2) is 9.05. The fourth-order valence-electron chi connectivity index (χ4n) is 4.93. The van der Waals surface area contributed by atoms with Crippen LogP contribution in [0.25, 0.3) is 0 Å². The molecule has 3 aromatic rings. The van der Waals surface area contributed by atoms with E-state index in [1.165, 1.54) is 6.33 Å². The summed E-state index contributed by atoms with van der Waals surface area (Å²) in [6.07, 6.45) is 5.35. The number of anilines is 2. The number of hydrogen-bond donors (Lipinski definition) is 5. The highest BCUT2D eigenvalue weighted by atomic mass is 16.1. The minimum atomic E-state index is -0.260. The fourth-order valence-corrected chi connectivity index (χ4v) is 4.93. The summed E-state index contributed by atoms with van der Waals surface area (Å²) in [5.41, 5.74) is 8.11. The van der Waals surface area contributed by atoms with Gasteiger partial charge >= 0.3 is 0 Å². The van der Waals surface area contributed by atoms with Crippen molar-refractivity contribution < 1.29 is 10.1 Å². The molecule has 168 valence electrons. The van der Waals surface area contributed by atoms with Gasteiger partial charge in [0, 0.05) is 30.2 Å². The van der Waals surface area contributed by atoms with Gasteiger partial charge in [0.2, 0.25) is 5.82 Å². The monoisotopic (exact) mass is 443 g/mol. The van der Waals surface area contributed by atoms with Crippen LogP contribution in [-0.4, -0.2) is 45.7 Å². The zero-order chi connectivity index (χ0) is 22.8. The summed E-state index contributed by atoms with van der Waals surface area (Å²) in [7, 11) is 0. The van der Waals surface area contributed by atoms with E-state index < -0.39 is 0 Å². The van der Waals surface area contributed by atoms with Gasteiger partial charge in [-0.25, -0.2) is 9.97 Å². The highest BCUT2D eigenvalue weighted by Gasteiger charge is 2.40. The van der Waals surface area contributed by atoms with E-state index in [-0.39, 0.29) is 17.4 Å². The average molecular weight is 444 g/mol. The number of aromatic nitrogens is 3. The number of pyridine rings is 1. The highest BCUT2D eigenvalue weighted by Crippen LogP contribution is 2.33. The maximum atomic E-state index is 12.5. The number of nitrogen functional groups attached to an aromatic ring is 1. The molecule has 2 unspecified atom stereocenters. The molecule has 2 atom stereocenters. The van der Waals surface area contributed by atoms with Gasteiger partial charge in [0.25, 0.3) is 5.91 Å². The largest absolute Gasteiger partial charge is 0.383 e. The van der Waals surface area contributed by atoms with Crippen LogP contribution in [0.3, 0.4) is 0 Å². The van der Waals surface area contributed by atoms with Crippen molar-refractivity contribution in [2.24, 2.45) is 11.8 Å². The van der Waals surface area contributed by atoms with Crippen LogP contribution >= 0.6 is 0 Å². The molecule has 0 spiro atoms. The Morgan fingerprint density at radius 2 is 1.76 bits per heavy atom. The summed E-state index contributed by atoms with van der Waals surface area (Å²) < 4.78 is 0. The quantitative estimate of drug-likeness (QED) is 0.363. The van der Waals surface area contributed by atoms with E-state index >= 15 is 0 Å². The predicted octanol–water partition coefficient (Wildman–Crippen LogP) is 1.32. The number of nitrogens with one attached hydrogen (secondary N) is 3. The number of nitrogens with two attached hydrogens (primary N) is 2. The lowest BCUT2D eigenvalue weighted by Gasteiger charge is -2.14. The van der Waals surface area contributed by atoms with Crippen molar-refractivity contribution in [2.75, 3.05) is 24.1 Å². The molecule has 1 aliphatic heterocycles. The number of carbonyl (C=O) groups excluding carboxylic acids is 1. The first kappa shape index (κ1) is 21.2. The van der Waals surface area contributed by atoms with Gasteiger partial charge in [-0.05, 0) is 49.2 Å². The topological polar surface area (TPSA) is 146 Å². The lowest BCUT2D eigenvalue weighted by Crippen LogP contribution is -2.85. The Balaban J connectivity index is 1.32. The lowest BCUT2D eigenvalue weighted by atomic mass is 10.0. The first-order chi connectivity index (χ1) is 16.1. The lowest BCUT2D eigenvalue weighted by molar-refractivity contribution is -0.613. The first-order valence-corrected chi connectivity index (χ1v) is 11.2. The second-order valence-corrected chi connectivity index (χ2v) is 8.72. The van der Waals surface area contributed by atoms with Crippen molar-refractivity contribution in [3.05, 3.63) is 71.7 Å². The van der Waals surface area contributed by atoms with Crippen molar-refractivity contribution in [2.45, 2.75) is 18.9 Å². The molecule has 0 bridgehead atoms. The molecule has 9 nitrogen and oxygen atoms in total. The Morgan fingerprint density at radius 1 is 1.03 bits per heavy atom. The molecule has 3 heterocycles. The number of benzene rings is 1. The van der Waals surface area contributed by atoms with Gasteiger partial charge in [0.15, 0.2) is 0 Å².